The monoisotopic (exact) mass is 326 g/mol. The normalized spacial score (nSPS) is 12.0. The van der Waals surface area contributed by atoms with Crippen LogP contribution in [0.4, 0.5) is 0 Å². The third-order valence-electron chi connectivity index (χ3n) is 4.39. The van der Waals surface area contributed by atoms with Crippen LogP contribution in [0.25, 0.3) is 0 Å². The van der Waals surface area contributed by atoms with Crippen LogP contribution in [0, 0.1) is 0 Å². The first-order chi connectivity index (χ1) is 11.1. The molecule has 1 aromatic heterocycles. The van der Waals surface area contributed by atoms with Crippen molar-refractivity contribution >= 4 is 0 Å². The standard InChI is InChI=1S/C18H34N2O3/c1-2-3-4-5-6-7-8-9-10-16-13-17(23-20-16)11-12-18(19,14-21)15-22/h13,21-22H,2-12,14-15,19H2,1H3. The Morgan fingerprint density at radius 2 is 1.61 bits per heavy atom. The Labute approximate surface area is 140 Å². The average Bonchev–Trinajstić information content (AvgIpc) is 3.03. The highest BCUT2D eigenvalue weighted by molar-refractivity contribution is 5.06. The number of nitrogens with two attached hydrogens (primary N) is 1. The minimum Gasteiger partial charge on any atom is -0.394 e. The Balaban J connectivity index is 2.14. The summed E-state index contributed by atoms with van der Waals surface area (Å²) >= 11 is 0. The average molecular weight is 326 g/mol. The van der Waals surface area contributed by atoms with Gasteiger partial charge in [0.15, 0.2) is 0 Å². The van der Waals surface area contributed by atoms with Crippen LogP contribution in [0.15, 0.2) is 10.6 Å². The summed E-state index contributed by atoms with van der Waals surface area (Å²) in [6.45, 7) is 1.78. The van der Waals surface area contributed by atoms with Gasteiger partial charge < -0.3 is 20.5 Å². The minimum atomic E-state index is -0.940. The van der Waals surface area contributed by atoms with E-state index in [0.29, 0.717) is 12.8 Å². The lowest BCUT2D eigenvalue weighted by molar-refractivity contribution is 0.113. The van der Waals surface area contributed by atoms with Gasteiger partial charge in [-0.15, -0.1) is 0 Å². The van der Waals surface area contributed by atoms with Crippen LogP contribution >= 0.6 is 0 Å². The molecule has 134 valence electrons. The van der Waals surface area contributed by atoms with Gasteiger partial charge in [0.2, 0.25) is 0 Å². The topological polar surface area (TPSA) is 92.5 Å². The van der Waals surface area contributed by atoms with Gasteiger partial charge in [-0.05, 0) is 19.3 Å². The number of aliphatic hydroxyl groups excluding tert-OH is 2. The first kappa shape index (κ1) is 20.1. The van der Waals surface area contributed by atoms with Crippen molar-refractivity contribution in [3.8, 4) is 0 Å². The van der Waals surface area contributed by atoms with Gasteiger partial charge in [-0.3, -0.25) is 0 Å². The van der Waals surface area contributed by atoms with Gasteiger partial charge in [0.25, 0.3) is 0 Å². The molecule has 5 nitrogen and oxygen atoms in total. The van der Waals surface area contributed by atoms with Crippen LogP contribution in [0.2, 0.25) is 0 Å². The molecule has 0 saturated carbocycles. The molecule has 0 bridgehead atoms. The molecule has 0 amide bonds. The van der Waals surface area contributed by atoms with Gasteiger partial charge in [-0.2, -0.15) is 0 Å². The van der Waals surface area contributed by atoms with E-state index >= 15 is 0 Å². The predicted octanol–water partition coefficient (Wildman–Crippen LogP) is 2.97. The van der Waals surface area contributed by atoms with E-state index < -0.39 is 5.54 Å². The number of aliphatic hydroxyl groups is 2. The van der Waals surface area contributed by atoms with E-state index in [-0.39, 0.29) is 13.2 Å². The first-order valence-corrected chi connectivity index (χ1v) is 9.08. The molecule has 0 unspecified atom stereocenters. The second-order valence-electron chi connectivity index (χ2n) is 6.69. The number of unbranched alkanes of at least 4 members (excludes halogenated alkanes) is 7. The molecule has 0 aliphatic carbocycles. The second-order valence-corrected chi connectivity index (χ2v) is 6.69. The third kappa shape index (κ3) is 8.49. The third-order valence-corrected chi connectivity index (χ3v) is 4.39. The molecule has 1 aromatic rings. The summed E-state index contributed by atoms with van der Waals surface area (Å²) in [7, 11) is 0. The Morgan fingerprint density at radius 3 is 2.22 bits per heavy atom. The van der Waals surface area contributed by atoms with Crippen molar-refractivity contribution in [2.75, 3.05) is 13.2 Å². The SMILES string of the molecule is CCCCCCCCCCc1cc(CCC(N)(CO)CO)on1. The van der Waals surface area contributed by atoms with E-state index in [1.165, 1.54) is 44.9 Å². The lowest BCUT2D eigenvalue weighted by atomic mass is 9.96. The summed E-state index contributed by atoms with van der Waals surface area (Å²) in [6, 6.07) is 1.97. The fourth-order valence-corrected chi connectivity index (χ4v) is 2.61. The molecule has 1 rings (SSSR count). The van der Waals surface area contributed by atoms with E-state index in [2.05, 4.69) is 12.1 Å². The van der Waals surface area contributed by atoms with Gasteiger partial charge in [0.1, 0.15) is 5.76 Å². The Kier molecular flexibility index (Phi) is 10.2. The molecule has 0 radical (unpaired) electrons. The number of hydrogen-bond acceptors (Lipinski definition) is 5. The largest absolute Gasteiger partial charge is 0.394 e. The van der Waals surface area contributed by atoms with Crippen LogP contribution in [-0.4, -0.2) is 34.1 Å². The second kappa shape index (κ2) is 11.6. The van der Waals surface area contributed by atoms with Crippen LogP contribution in [0.1, 0.15) is 76.2 Å². The van der Waals surface area contributed by atoms with E-state index in [0.717, 1.165) is 24.3 Å². The first-order valence-electron chi connectivity index (χ1n) is 9.08. The number of rotatable bonds is 14. The fourth-order valence-electron chi connectivity index (χ4n) is 2.61. The van der Waals surface area contributed by atoms with Crippen LogP contribution in [0.5, 0.6) is 0 Å². The molecule has 4 N–H and O–H groups in total. The highest BCUT2D eigenvalue weighted by Gasteiger charge is 2.23. The quantitative estimate of drug-likeness (QED) is 0.457. The van der Waals surface area contributed by atoms with Crippen LogP contribution in [-0.2, 0) is 12.8 Å². The summed E-state index contributed by atoms with van der Waals surface area (Å²) in [4.78, 5) is 0. The van der Waals surface area contributed by atoms with Crippen molar-refractivity contribution in [3.63, 3.8) is 0 Å². The maximum Gasteiger partial charge on any atom is 0.137 e. The molecule has 0 spiro atoms. The minimum absolute atomic E-state index is 0.233. The molecule has 23 heavy (non-hydrogen) atoms. The van der Waals surface area contributed by atoms with Crippen molar-refractivity contribution in [3.05, 3.63) is 17.5 Å². The van der Waals surface area contributed by atoms with Crippen molar-refractivity contribution in [2.24, 2.45) is 5.73 Å². The number of aromatic nitrogens is 1. The number of aryl methyl sites for hydroxylation is 2. The lowest BCUT2D eigenvalue weighted by Crippen LogP contribution is -2.47. The molecule has 0 saturated heterocycles. The van der Waals surface area contributed by atoms with E-state index in [1.54, 1.807) is 0 Å². The Morgan fingerprint density at radius 1 is 1.00 bits per heavy atom. The van der Waals surface area contributed by atoms with E-state index in [1.807, 2.05) is 6.07 Å². The summed E-state index contributed by atoms with van der Waals surface area (Å²) in [5.41, 5.74) is 5.89. The molecule has 0 fully saturated rings. The molecule has 0 aromatic carbocycles. The van der Waals surface area contributed by atoms with E-state index in [4.69, 9.17) is 10.3 Å². The number of nitrogens with zero attached hydrogens (tertiary/aromatic N) is 1. The predicted molar refractivity (Wildman–Crippen MR) is 92.2 cm³/mol. The molecule has 1 heterocycles. The Hall–Kier alpha value is -0.910. The maximum absolute atomic E-state index is 9.17. The van der Waals surface area contributed by atoms with Crippen molar-refractivity contribution in [1.82, 2.24) is 5.16 Å². The molecule has 0 atom stereocenters. The van der Waals surface area contributed by atoms with E-state index in [9.17, 15) is 10.2 Å². The van der Waals surface area contributed by atoms with Gasteiger partial charge >= 0.3 is 0 Å². The molecule has 5 heteroatoms. The molecular weight excluding hydrogens is 292 g/mol. The molecule has 0 aliphatic rings. The summed E-state index contributed by atoms with van der Waals surface area (Å²) in [5.74, 6) is 0.774. The fraction of sp³-hybridized carbons (Fsp3) is 0.833. The van der Waals surface area contributed by atoms with Crippen molar-refractivity contribution in [2.45, 2.75) is 83.1 Å². The molecular formula is C18H34N2O3. The zero-order chi connectivity index (χ0) is 17.0. The van der Waals surface area contributed by atoms with Crippen LogP contribution < -0.4 is 5.73 Å². The zero-order valence-corrected chi connectivity index (χ0v) is 14.6. The molecule has 0 aliphatic heterocycles. The van der Waals surface area contributed by atoms with Gasteiger partial charge in [0.05, 0.1) is 24.4 Å². The summed E-state index contributed by atoms with van der Waals surface area (Å²) < 4.78 is 5.30. The number of hydrogen-bond donors (Lipinski definition) is 3. The smallest absolute Gasteiger partial charge is 0.137 e. The van der Waals surface area contributed by atoms with Crippen molar-refractivity contribution < 1.29 is 14.7 Å². The van der Waals surface area contributed by atoms with Gasteiger partial charge in [0, 0.05) is 12.5 Å². The zero-order valence-electron chi connectivity index (χ0n) is 14.6. The van der Waals surface area contributed by atoms with Gasteiger partial charge in [-0.1, -0.05) is 57.0 Å². The van der Waals surface area contributed by atoms with Crippen LogP contribution in [0.3, 0.4) is 0 Å². The summed E-state index contributed by atoms with van der Waals surface area (Å²) in [6.07, 6.45) is 12.4. The highest BCUT2D eigenvalue weighted by Crippen LogP contribution is 2.15. The summed E-state index contributed by atoms with van der Waals surface area (Å²) in [5, 5.41) is 22.4. The maximum atomic E-state index is 9.17. The highest BCUT2D eigenvalue weighted by atomic mass is 16.5. The Bertz CT molecular complexity index is 403. The van der Waals surface area contributed by atoms with Gasteiger partial charge in [-0.25, -0.2) is 0 Å². The lowest BCUT2D eigenvalue weighted by Gasteiger charge is -2.23. The van der Waals surface area contributed by atoms with Crippen molar-refractivity contribution in [1.29, 1.82) is 0 Å².